The van der Waals surface area contributed by atoms with E-state index < -0.39 is 102 Å². The van der Waals surface area contributed by atoms with E-state index in [0.29, 0.717) is 63.4 Å². The van der Waals surface area contributed by atoms with Crippen molar-refractivity contribution in [2.24, 2.45) is 35.5 Å². The number of aliphatic hydroxyl groups excluding tert-OH is 3. The molecule has 0 spiro atoms. The Morgan fingerprint density at radius 3 is 2.26 bits per heavy atom. The number of aliphatic hydroxyl groups is 4. The van der Waals surface area contributed by atoms with Crippen LogP contribution in [-0.4, -0.2) is 181 Å². The van der Waals surface area contributed by atoms with Gasteiger partial charge in [0.1, 0.15) is 54.6 Å². The lowest BCUT2D eigenvalue weighted by molar-refractivity contribution is -0.266. The molecule has 1 amide bonds. The second-order valence-electron chi connectivity index (χ2n) is 22.8. The number of carbonyl (C=O) groups is 5. The third kappa shape index (κ3) is 15.4. The number of ether oxygens (including phenoxy) is 8. The Morgan fingerprint density at radius 2 is 1.55 bits per heavy atom. The van der Waals surface area contributed by atoms with E-state index >= 15 is 0 Å². The Kier molecular flexibility index (Phi) is 23.2. The number of hydrogen-bond donors (Lipinski definition) is 4. The molecule has 0 radical (unpaired) electrons. The summed E-state index contributed by atoms with van der Waals surface area (Å²) in [7, 11) is 2.93. The maximum Gasteiger partial charge on any atom is 0.329 e. The number of rotatable bonds is 10. The highest BCUT2D eigenvalue weighted by molar-refractivity contribution is 6.39. The number of Topliss-reactive ketones (excluding diaryl/α,β-unsaturated/α-hetero) is 3. The van der Waals surface area contributed by atoms with Gasteiger partial charge in [-0.15, -0.1) is 0 Å². The van der Waals surface area contributed by atoms with Crippen molar-refractivity contribution in [2.75, 3.05) is 47.2 Å². The number of hydrogen-bond acceptors (Lipinski definition) is 17. The van der Waals surface area contributed by atoms with E-state index in [4.69, 9.17) is 37.9 Å². The Morgan fingerprint density at radius 1 is 0.829 bits per heavy atom. The van der Waals surface area contributed by atoms with Crippen LogP contribution in [-0.2, 0) is 61.9 Å². The fraction of sp³-hybridized carbons (Fsp3) is 0.776. The van der Waals surface area contributed by atoms with Gasteiger partial charge in [-0.25, -0.2) is 4.79 Å². The van der Waals surface area contributed by atoms with E-state index in [0.717, 1.165) is 5.57 Å². The average Bonchev–Trinajstić information content (AvgIpc) is 4.00. The molecule has 1 aliphatic carbocycles. The Bertz CT molecular complexity index is 2090. The number of allylic oxidation sites excluding steroid dienone is 6. The van der Waals surface area contributed by atoms with E-state index in [2.05, 4.69) is 0 Å². The van der Waals surface area contributed by atoms with Crippen LogP contribution in [0.3, 0.4) is 0 Å². The molecule has 0 unspecified atom stereocenters. The van der Waals surface area contributed by atoms with Crippen molar-refractivity contribution in [3.63, 3.8) is 0 Å². The third-order valence-corrected chi connectivity index (χ3v) is 16.9. The van der Waals surface area contributed by atoms with E-state index in [1.54, 1.807) is 40.9 Å². The molecule has 0 aromatic rings. The summed E-state index contributed by atoms with van der Waals surface area (Å²) in [5.41, 5.74) is 1.17. The molecule has 18 nitrogen and oxygen atoms in total. The lowest BCUT2D eigenvalue weighted by Gasteiger charge is -2.43. The number of ketones is 3. The largest absolute Gasteiger partial charge is 0.460 e. The summed E-state index contributed by atoms with van der Waals surface area (Å²) >= 11 is 0. The molecule has 18 heteroatoms. The van der Waals surface area contributed by atoms with Gasteiger partial charge in [0, 0.05) is 51.4 Å². The molecule has 5 aliphatic heterocycles. The van der Waals surface area contributed by atoms with Gasteiger partial charge in [-0.3, -0.25) is 19.2 Å². The minimum absolute atomic E-state index is 0.0351. The maximum absolute atomic E-state index is 14.6. The summed E-state index contributed by atoms with van der Waals surface area (Å²) in [5, 5.41) is 43.8. The van der Waals surface area contributed by atoms with Crippen molar-refractivity contribution in [3.8, 4) is 0 Å². The van der Waals surface area contributed by atoms with E-state index in [9.17, 15) is 44.4 Å². The second kappa shape index (κ2) is 28.6. The number of methoxy groups -OCH3 is 2. The van der Waals surface area contributed by atoms with Gasteiger partial charge in [0.05, 0.1) is 50.8 Å². The van der Waals surface area contributed by atoms with Crippen molar-refractivity contribution < 1.29 is 82.3 Å². The van der Waals surface area contributed by atoms with Gasteiger partial charge in [-0.05, 0) is 107 Å². The van der Waals surface area contributed by atoms with Crippen LogP contribution in [0.1, 0.15) is 126 Å². The number of amides is 1. The zero-order chi connectivity index (χ0) is 55.4. The Hall–Kier alpha value is -3.53. The first kappa shape index (κ1) is 61.7. The molecular formula is C58H89NO17. The third-order valence-electron chi connectivity index (χ3n) is 16.9. The van der Waals surface area contributed by atoms with Crippen LogP contribution in [0.25, 0.3) is 0 Å². The van der Waals surface area contributed by atoms with E-state index in [-0.39, 0.29) is 93.8 Å². The second-order valence-corrected chi connectivity index (χ2v) is 22.8. The molecule has 1 saturated carbocycles. The summed E-state index contributed by atoms with van der Waals surface area (Å²) in [6, 6.07) is -1.19. The number of fused-ring (bicyclic) bond motifs is 4. The van der Waals surface area contributed by atoms with Crippen LogP contribution in [0.2, 0.25) is 0 Å². The van der Waals surface area contributed by atoms with E-state index in [1.165, 1.54) is 12.0 Å². The normalized spacial score (nSPS) is 40.9. The fourth-order valence-electron chi connectivity index (χ4n) is 12.1. The summed E-state index contributed by atoms with van der Waals surface area (Å²) in [4.78, 5) is 73.0. The molecule has 5 heterocycles. The fourth-order valence-corrected chi connectivity index (χ4v) is 12.1. The quantitative estimate of drug-likeness (QED) is 0.126. The highest BCUT2D eigenvalue weighted by atomic mass is 16.7. The van der Waals surface area contributed by atoms with Crippen molar-refractivity contribution in [2.45, 2.75) is 204 Å². The van der Waals surface area contributed by atoms with Crippen molar-refractivity contribution >= 4 is 29.2 Å². The van der Waals surface area contributed by atoms with Gasteiger partial charge in [0.15, 0.2) is 5.78 Å². The molecule has 6 aliphatic rings. The number of piperidine rings is 1. The van der Waals surface area contributed by atoms with Gasteiger partial charge in [-0.2, -0.15) is 0 Å². The SMILES string of the molecule is CO[C@@H]1C[C@H](C[C@@H](C)[C@@H]2CC(=O)[C@H](C)/C=C(\C)[C@@H](O)[C@@H](OC)C(=O)[C@H](C)C[C@H](C)/C=C/C=CC=C(C)[C@H](O[C@@H]3CO[C@H]4[C@@H]3OC[C@@H]4OCCO)C[C@@H]3CC[C@@H](C)[C@@](O)(O3)C(=O)C(=O)N3CCCC[C@H]3C(=O)O2)CC[C@H]1O. The standard InChI is InChI=1S/C58H89NO17/c1-33-15-11-10-12-16-34(2)45(74-49-32-73-52-48(71-24-23-60)31-72-53(49)52)29-41-20-18-39(7)58(68,76-41)55(65)56(66)59-22-14-13-17-42(59)57(67)75-46(36(4)27-40-19-21-43(61)47(28-40)69-8)30-44(62)35(3)26-38(6)51(64)54(70-9)50(63)37(5)25-33/h10-12,15-16,26,33,35-37,39-43,45-49,51-54,60-61,64,68H,13-14,17-25,27-32H2,1-9H3/b12-10?,15-11+,34-16?,38-26+/t33-,35-,36-,37-,39-,40+,41+,42+,43-,45-,46+,47-,48+,49-,51-,52-,53-,54+,58-/m1/s1. The number of nitrogens with zero attached hydrogens (tertiary/aromatic N) is 1. The lowest BCUT2D eigenvalue weighted by Crippen LogP contribution is -2.61. The summed E-state index contributed by atoms with van der Waals surface area (Å²) in [6.07, 6.45) is 8.40. The topological polar surface area (TPSA) is 243 Å². The zero-order valence-corrected chi connectivity index (χ0v) is 46.4. The average molecular weight is 1070 g/mol. The Balaban J connectivity index is 1.31. The van der Waals surface area contributed by atoms with Gasteiger partial charge in [0.2, 0.25) is 5.79 Å². The first-order valence-corrected chi connectivity index (χ1v) is 28.0. The van der Waals surface area contributed by atoms with Crippen LogP contribution >= 0.6 is 0 Å². The number of carbonyl (C=O) groups excluding carboxylic acids is 5. The van der Waals surface area contributed by atoms with Crippen molar-refractivity contribution in [1.82, 2.24) is 4.90 Å². The van der Waals surface area contributed by atoms with E-state index in [1.807, 2.05) is 51.2 Å². The molecule has 0 aromatic carbocycles. The molecule has 0 aromatic heterocycles. The molecular weight excluding hydrogens is 983 g/mol. The number of cyclic esters (lactones) is 1. The predicted octanol–water partition coefficient (Wildman–Crippen LogP) is 5.09. The van der Waals surface area contributed by atoms with Crippen LogP contribution in [0.15, 0.2) is 47.6 Å². The monoisotopic (exact) mass is 1070 g/mol. The van der Waals surface area contributed by atoms with Crippen molar-refractivity contribution in [3.05, 3.63) is 47.6 Å². The van der Waals surface area contributed by atoms with Gasteiger partial charge >= 0.3 is 5.97 Å². The van der Waals surface area contributed by atoms with Crippen LogP contribution in [0.5, 0.6) is 0 Å². The predicted molar refractivity (Wildman–Crippen MR) is 279 cm³/mol. The molecule has 5 fully saturated rings. The molecule has 19 atom stereocenters. The Labute approximate surface area is 449 Å². The summed E-state index contributed by atoms with van der Waals surface area (Å²) < 4.78 is 48.7. The molecule has 4 saturated heterocycles. The summed E-state index contributed by atoms with van der Waals surface area (Å²) in [6.45, 7) is 13.1. The lowest BCUT2D eigenvalue weighted by atomic mass is 9.78. The van der Waals surface area contributed by atoms with Crippen molar-refractivity contribution in [1.29, 1.82) is 0 Å². The molecule has 2 bridgehead atoms. The van der Waals surface area contributed by atoms with Crippen LogP contribution in [0, 0.1) is 35.5 Å². The van der Waals surface area contributed by atoms with Gasteiger partial charge in [-0.1, -0.05) is 71.1 Å². The zero-order valence-electron chi connectivity index (χ0n) is 46.4. The molecule has 76 heavy (non-hydrogen) atoms. The minimum Gasteiger partial charge on any atom is -0.460 e. The molecule has 428 valence electrons. The smallest absolute Gasteiger partial charge is 0.329 e. The first-order valence-electron chi connectivity index (χ1n) is 28.0. The number of esters is 1. The molecule has 4 N–H and O–H groups in total. The highest BCUT2D eigenvalue weighted by Crippen LogP contribution is 2.39. The first-order chi connectivity index (χ1) is 36.2. The van der Waals surface area contributed by atoms with Gasteiger partial charge in [0.25, 0.3) is 11.7 Å². The molecule has 6 rings (SSSR count). The minimum atomic E-state index is -2.53. The maximum atomic E-state index is 14.6. The van der Waals surface area contributed by atoms with Crippen LogP contribution in [0.4, 0.5) is 0 Å². The summed E-state index contributed by atoms with van der Waals surface area (Å²) in [5.74, 6) is -8.45. The van der Waals surface area contributed by atoms with Gasteiger partial charge < -0.3 is 63.2 Å². The highest BCUT2D eigenvalue weighted by Gasteiger charge is 2.54. The van der Waals surface area contributed by atoms with Crippen LogP contribution < -0.4 is 0 Å².